The molecule has 0 amide bonds. The van der Waals surface area contributed by atoms with Crippen LogP contribution in [0.5, 0.6) is 0 Å². The van der Waals surface area contributed by atoms with Crippen molar-refractivity contribution in [2.75, 3.05) is 0 Å². The minimum atomic E-state index is -3.86. The van der Waals surface area contributed by atoms with Crippen LogP contribution < -0.4 is 4.72 Å². The predicted octanol–water partition coefficient (Wildman–Crippen LogP) is 0.00710. The van der Waals surface area contributed by atoms with Crippen LogP contribution in [0.4, 0.5) is 0 Å². The number of hydrogen-bond donors (Lipinski definition) is 2. The van der Waals surface area contributed by atoms with E-state index in [0.717, 1.165) is 0 Å². The summed E-state index contributed by atoms with van der Waals surface area (Å²) in [5.74, 6) is -1.25. The summed E-state index contributed by atoms with van der Waals surface area (Å²) < 4.78 is 25.5. The summed E-state index contributed by atoms with van der Waals surface area (Å²) >= 11 is 0. The normalized spacial score (nSPS) is 12.9. The van der Waals surface area contributed by atoms with E-state index in [1.807, 2.05) is 4.72 Å². The Morgan fingerprint density at radius 1 is 1.35 bits per heavy atom. The molecule has 92 valence electrons. The average Bonchev–Trinajstić information content (AvgIpc) is 2.28. The molecule has 0 unspecified atom stereocenters. The molecule has 17 heavy (non-hydrogen) atoms. The smallest absolute Gasteiger partial charge is 0.305 e. The Kier molecular flexibility index (Phi) is 4.36. The number of carboxylic acids is 1. The molecule has 1 aromatic rings. The molecule has 0 spiro atoms. The van der Waals surface area contributed by atoms with Crippen molar-refractivity contribution in [1.29, 1.82) is 0 Å². The van der Waals surface area contributed by atoms with Gasteiger partial charge < -0.3 is 9.90 Å². The highest BCUT2D eigenvalue weighted by atomic mass is 32.2. The van der Waals surface area contributed by atoms with Crippen molar-refractivity contribution in [2.24, 2.45) is 0 Å². The number of carbonyl (C=O) groups excluding carboxylic acids is 1. The van der Waals surface area contributed by atoms with Crippen LogP contribution in [0.1, 0.15) is 6.42 Å². The lowest BCUT2D eigenvalue weighted by Crippen LogP contribution is -2.37. The molecule has 0 bridgehead atoms. The van der Waals surface area contributed by atoms with Gasteiger partial charge in [0.25, 0.3) is 0 Å². The van der Waals surface area contributed by atoms with Crippen LogP contribution in [0.2, 0.25) is 0 Å². The predicted molar refractivity (Wildman–Crippen MR) is 58.9 cm³/mol. The number of carbonyl (C=O) groups is 2. The first kappa shape index (κ1) is 13.3. The summed E-state index contributed by atoms with van der Waals surface area (Å²) in [6.45, 7) is 0. The molecular formula is C10H11NO5S. The van der Waals surface area contributed by atoms with Crippen molar-refractivity contribution in [2.45, 2.75) is 17.4 Å². The second-order valence-electron chi connectivity index (χ2n) is 3.27. The van der Waals surface area contributed by atoms with Crippen LogP contribution >= 0.6 is 0 Å². The summed E-state index contributed by atoms with van der Waals surface area (Å²) in [4.78, 5) is 20.9. The van der Waals surface area contributed by atoms with Crippen molar-refractivity contribution in [1.82, 2.24) is 4.72 Å². The van der Waals surface area contributed by atoms with Gasteiger partial charge in [-0.1, -0.05) is 18.2 Å². The zero-order chi connectivity index (χ0) is 12.9. The van der Waals surface area contributed by atoms with Gasteiger partial charge in [0.05, 0.1) is 17.4 Å². The zero-order valence-corrected chi connectivity index (χ0v) is 9.55. The third-order valence-corrected chi connectivity index (χ3v) is 3.42. The minimum Gasteiger partial charge on any atom is -0.481 e. The molecule has 0 aliphatic rings. The van der Waals surface area contributed by atoms with Gasteiger partial charge in [-0.05, 0) is 12.1 Å². The van der Waals surface area contributed by atoms with Gasteiger partial charge in [0.2, 0.25) is 10.0 Å². The highest BCUT2D eigenvalue weighted by Gasteiger charge is 2.21. The Morgan fingerprint density at radius 3 is 2.41 bits per heavy atom. The molecule has 0 fully saturated rings. The van der Waals surface area contributed by atoms with Crippen molar-refractivity contribution in [3.8, 4) is 0 Å². The third kappa shape index (κ3) is 3.97. The fourth-order valence-corrected chi connectivity index (χ4v) is 2.36. The first-order valence-corrected chi connectivity index (χ1v) is 6.18. The van der Waals surface area contributed by atoms with Gasteiger partial charge in [-0.2, -0.15) is 0 Å². The average molecular weight is 257 g/mol. The number of rotatable bonds is 6. The number of hydrogen-bond acceptors (Lipinski definition) is 4. The topological polar surface area (TPSA) is 101 Å². The van der Waals surface area contributed by atoms with Crippen LogP contribution in [0, 0.1) is 0 Å². The molecule has 7 heteroatoms. The highest BCUT2D eigenvalue weighted by Crippen LogP contribution is 2.08. The second-order valence-corrected chi connectivity index (χ2v) is 4.99. The molecule has 2 N–H and O–H groups in total. The van der Waals surface area contributed by atoms with Crippen LogP contribution in [-0.4, -0.2) is 31.8 Å². The van der Waals surface area contributed by atoms with E-state index >= 15 is 0 Å². The number of aldehydes is 1. The summed E-state index contributed by atoms with van der Waals surface area (Å²) in [7, 11) is -3.86. The third-order valence-electron chi connectivity index (χ3n) is 1.92. The largest absolute Gasteiger partial charge is 0.481 e. The molecule has 0 saturated heterocycles. The van der Waals surface area contributed by atoms with Crippen molar-refractivity contribution in [3.05, 3.63) is 30.3 Å². The standard InChI is InChI=1S/C10H11NO5S/c12-7-8(6-10(13)14)11-17(15,16)9-4-2-1-3-5-9/h1-5,7-8,11H,6H2,(H,13,14)/t8-/m0/s1. The summed E-state index contributed by atoms with van der Waals surface area (Å²) in [5, 5.41) is 8.49. The number of benzene rings is 1. The fourth-order valence-electron chi connectivity index (χ4n) is 1.17. The van der Waals surface area contributed by atoms with E-state index in [-0.39, 0.29) is 11.2 Å². The van der Waals surface area contributed by atoms with Crippen LogP contribution in [0.25, 0.3) is 0 Å². The lowest BCUT2D eigenvalue weighted by molar-refractivity contribution is -0.138. The number of aliphatic carboxylic acids is 1. The monoisotopic (exact) mass is 257 g/mol. The van der Waals surface area contributed by atoms with E-state index in [2.05, 4.69) is 0 Å². The molecule has 0 aliphatic heterocycles. The van der Waals surface area contributed by atoms with Crippen LogP contribution in [-0.2, 0) is 19.6 Å². The van der Waals surface area contributed by atoms with Gasteiger partial charge >= 0.3 is 5.97 Å². The molecule has 0 aliphatic carbocycles. The fraction of sp³-hybridized carbons (Fsp3) is 0.200. The van der Waals surface area contributed by atoms with E-state index in [4.69, 9.17) is 5.11 Å². The Balaban J connectivity index is 2.86. The van der Waals surface area contributed by atoms with E-state index in [9.17, 15) is 18.0 Å². The van der Waals surface area contributed by atoms with E-state index in [1.54, 1.807) is 6.07 Å². The van der Waals surface area contributed by atoms with E-state index < -0.39 is 28.5 Å². The Labute approximate surface area is 98.3 Å². The van der Waals surface area contributed by atoms with E-state index in [1.165, 1.54) is 24.3 Å². The molecule has 1 rings (SSSR count). The maximum Gasteiger partial charge on any atom is 0.305 e. The molecule has 0 heterocycles. The Bertz CT molecular complexity index is 497. The van der Waals surface area contributed by atoms with Gasteiger partial charge in [0, 0.05) is 0 Å². The maximum atomic E-state index is 11.7. The summed E-state index contributed by atoms with van der Waals surface area (Å²) in [6, 6.07) is 6.14. The second kappa shape index (κ2) is 5.55. The van der Waals surface area contributed by atoms with Crippen LogP contribution in [0.3, 0.4) is 0 Å². The number of carboxylic acid groups (broad SMARTS) is 1. The van der Waals surface area contributed by atoms with Gasteiger partial charge in [0.15, 0.2) is 0 Å². The quantitative estimate of drug-likeness (QED) is 0.699. The minimum absolute atomic E-state index is 0.0164. The maximum absolute atomic E-state index is 11.7. The molecule has 0 aromatic heterocycles. The molecule has 0 saturated carbocycles. The number of nitrogens with one attached hydrogen (secondary N) is 1. The Hall–Kier alpha value is -1.73. The SMILES string of the molecule is O=C[C@H](CC(=O)O)NS(=O)(=O)c1ccccc1. The lowest BCUT2D eigenvalue weighted by atomic mass is 10.2. The highest BCUT2D eigenvalue weighted by molar-refractivity contribution is 7.89. The van der Waals surface area contributed by atoms with Gasteiger partial charge in [-0.15, -0.1) is 0 Å². The van der Waals surface area contributed by atoms with Gasteiger partial charge in [-0.25, -0.2) is 13.1 Å². The van der Waals surface area contributed by atoms with Gasteiger partial charge in [-0.3, -0.25) is 4.79 Å². The van der Waals surface area contributed by atoms with Crippen molar-refractivity contribution >= 4 is 22.3 Å². The molecule has 6 nitrogen and oxygen atoms in total. The molecule has 1 aromatic carbocycles. The lowest BCUT2D eigenvalue weighted by Gasteiger charge is -2.10. The molecule has 0 radical (unpaired) electrons. The summed E-state index contributed by atoms with van der Waals surface area (Å²) in [5.41, 5.74) is 0. The van der Waals surface area contributed by atoms with Gasteiger partial charge in [0.1, 0.15) is 6.29 Å². The van der Waals surface area contributed by atoms with E-state index in [0.29, 0.717) is 0 Å². The van der Waals surface area contributed by atoms with Crippen molar-refractivity contribution in [3.63, 3.8) is 0 Å². The zero-order valence-electron chi connectivity index (χ0n) is 8.74. The number of sulfonamides is 1. The Morgan fingerprint density at radius 2 is 1.94 bits per heavy atom. The molecular weight excluding hydrogens is 246 g/mol. The van der Waals surface area contributed by atoms with Crippen molar-refractivity contribution < 1.29 is 23.1 Å². The summed E-state index contributed by atoms with van der Waals surface area (Å²) in [6.07, 6.45) is -0.329. The molecule has 1 atom stereocenters. The van der Waals surface area contributed by atoms with Crippen LogP contribution in [0.15, 0.2) is 35.2 Å². The first-order valence-electron chi connectivity index (χ1n) is 4.70. The first-order chi connectivity index (χ1) is 7.95.